The minimum Gasteiger partial charge on any atom is -0.363 e. The van der Waals surface area contributed by atoms with E-state index in [4.69, 9.17) is 28.9 Å². The number of aromatic nitrogens is 5. The highest BCUT2D eigenvalue weighted by molar-refractivity contribution is 7.92. The van der Waals surface area contributed by atoms with E-state index in [0.29, 0.717) is 12.1 Å². The molecule has 2 aromatic carbocycles. The molecule has 0 saturated heterocycles. The first kappa shape index (κ1) is 25.4. The lowest BCUT2D eigenvalue weighted by Gasteiger charge is -2.15. The zero-order valence-corrected chi connectivity index (χ0v) is 19.6. The van der Waals surface area contributed by atoms with Crippen LogP contribution in [0.5, 0.6) is 0 Å². The first-order chi connectivity index (χ1) is 16.8. The summed E-state index contributed by atoms with van der Waals surface area (Å²) in [6.45, 7) is 0. The summed E-state index contributed by atoms with van der Waals surface area (Å²) in [5, 5.41) is 12.4. The molecule has 0 bridgehead atoms. The second-order valence-electron chi connectivity index (χ2n) is 7.05. The van der Waals surface area contributed by atoms with Gasteiger partial charge in [0.15, 0.2) is 5.82 Å². The Bertz CT molecular complexity index is 1590. The van der Waals surface area contributed by atoms with Crippen molar-refractivity contribution in [1.82, 2.24) is 25.0 Å². The standard InChI is InChI=1S/C19H11Cl2F4N7O3S/c20-11-2-1-8(5-10(11)19(23,24)25)31-36(34,35)14-7-12(21)13(22)6-9(14)17-29-30-18(16(26)33)32(17)15-3-4-27-28-15/h1-7,31H,(H2,26,33)(H,27,28). The van der Waals surface area contributed by atoms with Crippen LogP contribution < -0.4 is 10.5 Å². The fourth-order valence-corrected chi connectivity index (χ4v) is 4.87. The van der Waals surface area contributed by atoms with Crippen molar-refractivity contribution in [3.63, 3.8) is 0 Å². The number of rotatable bonds is 6. The topological polar surface area (TPSA) is 149 Å². The van der Waals surface area contributed by atoms with E-state index in [9.17, 15) is 30.8 Å². The smallest absolute Gasteiger partial charge is 0.363 e. The van der Waals surface area contributed by atoms with Gasteiger partial charge in [-0.15, -0.1) is 10.2 Å². The molecule has 2 heterocycles. The van der Waals surface area contributed by atoms with Crippen LogP contribution in [-0.2, 0) is 16.2 Å². The number of amides is 1. The van der Waals surface area contributed by atoms with E-state index in [1.54, 1.807) is 0 Å². The molecule has 188 valence electrons. The highest BCUT2D eigenvalue weighted by atomic mass is 35.5. The molecular weight excluding hydrogens is 553 g/mol. The number of aromatic amines is 1. The quantitative estimate of drug-likeness (QED) is 0.301. The summed E-state index contributed by atoms with van der Waals surface area (Å²) >= 11 is 11.4. The van der Waals surface area contributed by atoms with Crippen LogP contribution in [0.3, 0.4) is 0 Å². The maximum Gasteiger partial charge on any atom is 0.417 e. The van der Waals surface area contributed by atoms with E-state index >= 15 is 0 Å². The molecule has 0 fully saturated rings. The number of hydrogen-bond donors (Lipinski definition) is 3. The average Bonchev–Trinajstić information content (AvgIpc) is 3.45. The number of sulfonamides is 1. The van der Waals surface area contributed by atoms with E-state index in [1.807, 2.05) is 4.72 Å². The summed E-state index contributed by atoms with van der Waals surface area (Å²) in [6, 6.07) is 5.15. The molecule has 4 aromatic rings. The van der Waals surface area contributed by atoms with E-state index in [-0.39, 0.29) is 11.6 Å². The van der Waals surface area contributed by atoms with Crippen molar-refractivity contribution in [3.8, 4) is 17.2 Å². The van der Waals surface area contributed by atoms with E-state index in [1.165, 1.54) is 12.3 Å². The van der Waals surface area contributed by atoms with Crippen LogP contribution in [0.1, 0.15) is 16.2 Å². The van der Waals surface area contributed by atoms with Gasteiger partial charge in [-0.25, -0.2) is 12.8 Å². The van der Waals surface area contributed by atoms with Crippen LogP contribution in [0.25, 0.3) is 17.2 Å². The third-order valence-electron chi connectivity index (χ3n) is 4.69. The van der Waals surface area contributed by atoms with Gasteiger partial charge in [-0.1, -0.05) is 23.2 Å². The van der Waals surface area contributed by atoms with Gasteiger partial charge in [0.1, 0.15) is 16.5 Å². The van der Waals surface area contributed by atoms with Crippen LogP contribution in [0.4, 0.5) is 23.2 Å². The fraction of sp³-hybridized carbons (Fsp3) is 0.0526. The molecule has 17 heteroatoms. The van der Waals surface area contributed by atoms with Gasteiger partial charge in [-0.2, -0.15) is 18.3 Å². The van der Waals surface area contributed by atoms with Crippen LogP contribution in [0.2, 0.25) is 10.0 Å². The zero-order valence-electron chi connectivity index (χ0n) is 17.3. The third kappa shape index (κ3) is 4.72. The zero-order chi connectivity index (χ0) is 26.4. The summed E-state index contributed by atoms with van der Waals surface area (Å²) in [6.07, 6.45) is -3.57. The van der Waals surface area contributed by atoms with Crippen LogP contribution in [0.15, 0.2) is 47.5 Å². The lowest BCUT2D eigenvalue weighted by molar-refractivity contribution is -0.137. The van der Waals surface area contributed by atoms with Gasteiger partial charge in [-0.05, 0) is 30.3 Å². The van der Waals surface area contributed by atoms with Crippen molar-refractivity contribution < 1.29 is 30.8 Å². The molecular formula is C19H11Cl2F4N7O3S. The monoisotopic (exact) mass is 563 g/mol. The average molecular weight is 564 g/mol. The Kier molecular flexibility index (Phi) is 6.40. The molecule has 0 spiro atoms. The number of benzene rings is 2. The highest BCUT2D eigenvalue weighted by Gasteiger charge is 2.34. The Labute approximate surface area is 209 Å². The Morgan fingerprint density at radius 1 is 1.08 bits per heavy atom. The maximum atomic E-state index is 14.5. The van der Waals surface area contributed by atoms with Gasteiger partial charge in [0.25, 0.3) is 15.9 Å². The molecule has 4 N–H and O–H groups in total. The Hall–Kier alpha value is -3.69. The van der Waals surface area contributed by atoms with Crippen LogP contribution in [-0.4, -0.2) is 39.3 Å². The predicted octanol–water partition coefficient (Wildman–Crippen LogP) is 4.02. The van der Waals surface area contributed by atoms with Crippen molar-refractivity contribution >= 4 is 44.8 Å². The number of halogens is 6. The molecule has 36 heavy (non-hydrogen) atoms. The van der Waals surface area contributed by atoms with Crippen molar-refractivity contribution in [2.24, 2.45) is 5.73 Å². The molecule has 1 amide bonds. The second-order valence-corrected chi connectivity index (χ2v) is 9.51. The Morgan fingerprint density at radius 3 is 2.42 bits per heavy atom. The van der Waals surface area contributed by atoms with Gasteiger partial charge >= 0.3 is 6.18 Å². The molecule has 0 unspecified atom stereocenters. The van der Waals surface area contributed by atoms with Gasteiger partial charge in [0.2, 0.25) is 5.82 Å². The molecule has 0 saturated carbocycles. The number of hydrogen-bond acceptors (Lipinski definition) is 6. The summed E-state index contributed by atoms with van der Waals surface area (Å²) < 4.78 is 83.7. The van der Waals surface area contributed by atoms with Crippen LogP contribution >= 0.6 is 23.2 Å². The van der Waals surface area contributed by atoms with Crippen LogP contribution in [0, 0.1) is 5.82 Å². The van der Waals surface area contributed by atoms with Gasteiger partial charge in [0.05, 0.1) is 21.8 Å². The number of nitrogens with two attached hydrogens (primary N) is 1. The molecule has 0 aliphatic rings. The number of carbonyl (C=O) groups excluding carboxylic acids is 1. The van der Waals surface area contributed by atoms with Gasteiger partial charge in [0, 0.05) is 17.3 Å². The fourth-order valence-electron chi connectivity index (χ4n) is 3.16. The molecule has 10 nitrogen and oxygen atoms in total. The number of anilines is 1. The normalized spacial score (nSPS) is 12.1. The minimum absolute atomic E-state index is 0.0722. The SMILES string of the molecule is NC(=O)c1nnc(-c2cc(F)c(Cl)cc2S(=O)(=O)Nc2ccc(Cl)c(C(F)(F)F)c2)n1-c1ccn[nH]1. The molecule has 4 rings (SSSR count). The predicted molar refractivity (Wildman–Crippen MR) is 120 cm³/mol. The third-order valence-corrected chi connectivity index (χ3v) is 6.73. The number of H-pyrrole nitrogens is 1. The summed E-state index contributed by atoms with van der Waals surface area (Å²) in [5.74, 6) is -2.86. The minimum atomic E-state index is -4.87. The van der Waals surface area contributed by atoms with Gasteiger partial charge < -0.3 is 5.73 Å². The summed E-state index contributed by atoms with van der Waals surface area (Å²) in [7, 11) is -4.74. The highest BCUT2D eigenvalue weighted by Crippen LogP contribution is 2.38. The Balaban J connectivity index is 1.90. The molecule has 2 aromatic heterocycles. The largest absolute Gasteiger partial charge is 0.417 e. The van der Waals surface area contributed by atoms with Gasteiger partial charge in [-0.3, -0.25) is 19.2 Å². The van der Waals surface area contributed by atoms with E-state index in [0.717, 1.165) is 22.8 Å². The number of nitrogens with zero attached hydrogens (tertiary/aromatic N) is 4. The lowest BCUT2D eigenvalue weighted by Crippen LogP contribution is -2.19. The molecule has 0 aliphatic carbocycles. The van der Waals surface area contributed by atoms with E-state index in [2.05, 4.69) is 20.4 Å². The number of alkyl halides is 3. The van der Waals surface area contributed by atoms with Crippen molar-refractivity contribution in [2.45, 2.75) is 11.1 Å². The summed E-state index contributed by atoms with van der Waals surface area (Å²) in [4.78, 5) is 11.2. The number of carbonyl (C=O) groups is 1. The van der Waals surface area contributed by atoms with Crippen molar-refractivity contribution in [1.29, 1.82) is 0 Å². The molecule has 0 radical (unpaired) electrons. The van der Waals surface area contributed by atoms with Crippen molar-refractivity contribution in [3.05, 3.63) is 69.8 Å². The summed E-state index contributed by atoms with van der Waals surface area (Å²) in [5.41, 5.74) is 3.11. The van der Waals surface area contributed by atoms with Crippen molar-refractivity contribution in [2.75, 3.05) is 4.72 Å². The Morgan fingerprint density at radius 2 is 1.81 bits per heavy atom. The maximum absolute atomic E-state index is 14.5. The molecule has 0 aliphatic heterocycles. The first-order valence-corrected chi connectivity index (χ1v) is 11.7. The number of nitrogens with one attached hydrogen (secondary N) is 2. The first-order valence-electron chi connectivity index (χ1n) is 9.43. The molecule has 0 atom stereocenters. The number of primary amides is 1. The van der Waals surface area contributed by atoms with E-state index < -0.39 is 65.5 Å². The lowest BCUT2D eigenvalue weighted by atomic mass is 10.2. The second kappa shape index (κ2) is 9.07.